The van der Waals surface area contributed by atoms with Gasteiger partial charge in [-0.1, -0.05) is 41.5 Å². The largest absolute Gasteiger partial charge is 0.293 e. The van der Waals surface area contributed by atoms with E-state index in [1.54, 1.807) is 0 Å². The lowest BCUT2D eigenvalue weighted by Gasteiger charge is -2.35. The predicted molar refractivity (Wildman–Crippen MR) is 72.2 cm³/mol. The number of nitrogens with one attached hydrogen (secondary N) is 1. The highest BCUT2D eigenvalue weighted by atomic mass is 16.2. The number of hydrogen-bond acceptors (Lipinski definition) is 3. The lowest BCUT2D eigenvalue weighted by Crippen LogP contribution is -2.53. The number of carbonyl (C=O) groups excluding carboxylic acids is 1. The van der Waals surface area contributed by atoms with Crippen LogP contribution in [0.3, 0.4) is 0 Å². The summed E-state index contributed by atoms with van der Waals surface area (Å²) in [4.78, 5) is 14.1. The van der Waals surface area contributed by atoms with Gasteiger partial charge in [0, 0.05) is 13.1 Å². The topological polar surface area (TPSA) is 58.4 Å². The second-order valence-corrected chi connectivity index (χ2v) is 5.94. The van der Waals surface area contributed by atoms with Gasteiger partial charge in [-0.25, -0.2) is 5.84 Å². The molecule has 0 aromatic rings. The molecule has 0 aliphatic carbocycles. The van der Waals surface area contributed by atoms with Gasteiger partial charge in [0.2, 0.25) is 0 Å². The first kappa shape index (κ1) is 16.4. The van der Waals surface area contributed by atoms with Crippen molar-refractivity contribution in [2.45, 2.75) is 47.6 Å². The maximum Gasteiger partial charge on any atom is 0.251 e. The summed E-state index contributed by atoms with van der Waals surface area (Å²) >= 11 is 0. The van der Waals surface area contributed by atoms with Crippen LogP contribution < -0.4 is 11.3 Å². The molecule has 0 saturated heterocycles. The van der Waals surface area contributed by atoms with E-state index in [-0.39, 0.29) is 17.9 Å². The highest BCUT2D eigenvalue weighted by Crippen LogP contribution is 2.15. The monoisotopic (exact) mass is 243 g/mol. The van der Waals surface area contributed by atoms with E-state index in [0.29, 0.717) is 11.8 Å². The average molecular weight is 243 g/mol. The number of rotatable bonds is 7. The molecule has 1 atom stereocenters. The summed E-state index contributed by atoms with van der Waals surface area (Å²) in [5.74, 6) is 6.55. The van der Waals surface area contributed by atoms with E-state index in [9.17, 15) is 4.79 Å². The molecule has 1 amide bonds. The van der Waals surface area contributed by atoms with Crippen molar-refractivity contribution in [2.24, 2.45) is 23.6 Å². The van der Waals surface area contributed by atoms with E-state index in [1.807, 2.05) is 0 Å². The molecule has 0 aromatic carbocycles. The molecular formula is C13H29N3O. The lowest BCUT2D eigenvalue weighted by atomic mass is 9.99. The van der Waals surface area contributed by atoms with E-state index in [1.165, 1.54) is 0 Å². The number of hydrazine groups is 1. The minimum absolute atomic E-state index is 0.0821. The number of amides is 1. The molecule has 0 bridgehead atoms. The van der Waals surface area contributed by atoms with Gasteiger partial charge in [-0.3, -0.25) is 15.1 Å². The van der Waals surface area contributed by atoms with Crippen LogP contribution in [0.25, 0.3) is 0 Å². The van der Waals surface area contributed by atoms with Crippen molar-refractivity contribution in [1.29, 1.82) is 0 Å². The van der Waals surface area contributed by atoms with Gasteiger partial charge in [0.15, 0.2) is 0 Å². The van der Waals surface area contributed by atoms with Crippen molar-refractivity contribution >= 4 is 5.91 Å². The summed E-state index contributed by atoms with van der Waals surface area (Å²) < 4.78 is 0. The van der Waals surface area contributed by atoms with E-state index in [2.05, 4.69) is 51.9 Å². The Morgan fingerprint density at radius 3 is 1.71 bits per heavy atom. The van der Waals surface area contributed by atoms with Crippen LogP contribution in [0.4, 0.5) is 0 Å². The van der Waals surface area contributed by atoms with Gasteiger partial charge in [0.05, 0.1) is 6.04 Å². The molecule has 0 radical (unpaired) electrons. The first-order valence-electron chi connectivity index (χ1n) is 6.54. The number of hydrogen-bond donors (Lipinski definition) is 2. The van der Waals surface area contributed by atoms with Gasteiger partial charge >= 0.3 is 0 Å². The highest BCUT2D eigenvalue weighted by Gasteiger charge is 2.29. The predicted octanol–water partition coefficient (Wildman–Crippen LogP) is 1.61. The van der Waals surface area contributed by atoms with E-state index >= 15 is 0 Å². The normalized spacial score (nSPS) is 13.8. The van der Waals surface area contributed by atoms with Gasteiger partial charge in [-0.2, -0.15) is 0 Å². The fraction of sp³-hybridized carbons (Fsp3) is 0.923. The zero-order valence-corrected chi connectivity index (χ0v) is 12.2. The summed E-state index contributed by atoms with van der Waals surface area (Å²) in [5, 5.41) is 0. The smallest absolute Gasteiger partial charge is 0.251 e. The Kier molecular flexibility index (Phi) is 7.39. The Morgan fingerprint density at radius 1 is 1.06 bits per heavy atom. The third-order valence-electron chi connectivity index (χ3n) is 2.64. The van der Waals surface area contributed by atoms with E-state index in [0.717, 1.165) is 13.1 Å². The first-order valence-corrected chi connectivity index (χ1v) is 6.54. The Hall–Kier alpha value is -0.610. The maximum absolute atomic E-state index is 11.9. The molecule has 0 aliphatic rings. The van der Waals surface area contributed by atoms with Crippen molar-refractivity contribution in [3.63, 3.8) is 0 Å². The molecule has 4 heteroatoms. The van der Waals surface area contributed by atoms with Crippen LogP contribution in [0.1, 0.15) is 41.5 Å². The second kappa shape index (κ2) is 7.67. The molecular weight excluding hydrogens is 214 g/mol. The van der Waals surface area contributed by atoms with Crippen molar-refractivity contribution in [2.75, 3.05) is 13.1 Å². The molecule has 0 aromatic heterocycles. The minimum Gasteiger partial charge on any atom is -0.293 e. The molecule has 0 rings (SSSR count). The van der Waals surface area contributed by atoms with Gasteiger partial charge in [0.25, 0.3) is 5.91 Å². The van der Waals surface area contributed by atoms with Crippen molar-refractivity contribution < 1.29 is 4.79 Å². The van der Waals surface area contributed by atoms with Crippen LogP contribution in [0.15, 0.2) is 0 Å². The number of nitrogens with two attached hydrogens (primary N) is 1. The molecule has 4 nitrogen and oxygen atoms in total. The maximum atomic E-state index is 11.9. The van der Waals surface area contributed by atoms with E-state index < -0.39 is 0 Å². The Labute approximate surface area is 106 Å². The van der Waals surface area contributed by atoms with Crippen LogP contribution in [-0.2, 0) is 4.79 Å². The van der Waals surface area contributed by atoms with Crippen molar-refractivity contribution in [3.8, 4) is 0 Å². The molecule has 0 spiro atoms. The third kappa shape index (κ3) is 6.03. The zero-order chi connectivity index (χ0) is 13.6. The fourth-order valence-electron chi connectivity index (χ4n) is 2.22. The Balaban J connectivity index is 4.86. The van der Waals surface area contributed by atoms with Crippen molar-refractivity contribution in [1.82, 2.24) is 10.3 Å². The molecule has 3 N–H and O–H groups in total. The van der Waals surface area contributed by atoms with Crippen LogP contribution in [0.2, 0.25) is 0 Å². The summed E-state index contributed by atoms with van der Waals surface area (Å²) in [5.41, 5.74) is 2.29. The lowest BCUT2D eigenvalue weighted by molar-refractivity contribution is -0.128. The van der Waals surface area contributed by atoms with Gasteiger partial charge in [-0.05, 0) is 17.8 Å². The minimum atomic E-state index is -0.134. The van der Waals surface area contributed by atoms with Crippen molar-refractivity contribution in [3.05, 3.63) is 0 Å². The highest BCUT2D eigenvalue weighted by molar-refractivity contribution is 5.81. The standard InChI is InChI=1S/C13H29N3O/c1-9(2)7-16(8-10(3)4)12(11(5)6)13(17)15-14/h9-12H,7-8,14H2,1-6H3,(H,15,17). The van der Waals surface area contributed by atoms with E-state index in [4.69, 9.17) is 5.84 Å². The molecule has 0 aliphatic heterocycles. The van der Waals surface area contributed by atoms with Crippen LogP contribution in [-0.4, -0.2) is 29.9 Å². The summed E-state index contributed by atoms with van der Waals surface area (Å²) in [7, 11) is 0. The van der Waals surface area contributed by atoms with Crippen LogP contribution >= 0.6 is 0 Å². The second-order valence-electron chi connectivity index (χ2n) is 5.94. The Morgan fingerprint density at radius 2 is 1.47 bits per heavy atom. The Bertz CT molecular complexity index is 217. The van der Waals surface area contributed by atoms with Crippen LogP contribution in [0.5, 0.6) is 0 Å². The third-order valence-corrected chi connectivity index (χ3v) is 2.64. The molecule has 17 heavy (non-hydrogen) atoms. The SMILES string of the molecule is CC(C)CN(CC(C)C)C(C(=O)NN)C(C)C. The summed E-state index contributed by atoms with van der Waals surface area (Å²) in [6.45, 7) is 14.7. The molecule has 102 valence electrons. The first-order chi connectivity index (χ1) is 7.79. The van der Waals surface area contributed by atoms with Gasteiger partial charge in [-0.15, -0.1) is 0 Å². The summed E-state index contributed by atoms with van der Waals surface area (Å²) in [6, 6.07) is -0.134. The quantitative estimate of drug-likeness (QED) is 0.406. The number of carbonyl (C=O) groups is 1. The van der Waals surface area contributed by atoms with Crippen LogP contribution in [0, 0.1) is 17.8 Å². The molecule has 0 saturated carbocycles. The summed E-state index contributed by atoms with van der Waals surface area (Å²) in [6.07, 6.45) is 0. The average Bonchev–Trinajstić information content (AvgIpc) is 2.14. The van der Waals surface area contributed by atoms with Gasteiger partial charge < -0.3 is 0 Å². The van der Waals surface area contributed by atoms with Gasteiger partial charge in [0.1, 0.15) is 0 Å². The fourth-order valence-corrected chi connectivity index (χ4v) is 2.22. The zero-order valence-electron chi connectivity index (χ0n) is 12.2. The molecule has 1 unspecified atom stereocenters. The molecule has 0 heterocycles. The molecule has 0 fully saturated rings. The number of nitrogens with zero attached hydrogens (tertiary/aromatic N) is 1.